The van der Waals surface area contributed by atoms with Gasteiger partial charge < -0.3 is 15.0 Å². The van der Waals surface area contributed by atoms with E-state index >= 15 is 0 Å². The smallest absolute Gasteiger partial charge is 0.274 e. The quantitative estimate of drug-likeness (QED) is 0.531. The summed E-state index contributed by atoms with van der Waals surface area (Å²) in [6.07, 6.45) is 0. The molecule has 11 heteroatoms. The molecule has 1 fully saturated rings. The maximum Gasteiger partial charge on any atom is 0.274 e. The summed E-state index contributed by atoms with van der Waals surface area (Å²) < 4.78 is 31.7. The third kappa shape index (κ3) is 4.68. The average Bonchev–Trinajstić information content (AvgIpc) is 2.75. The average molecular weight is 449 g/mol. The molecular formula is C20H24N4O6S. The first-order valence-electron chi connectivity index (χ1n) is 9.57. The van der Waals surface area contributed by atoms with Crippen molar-refractivity contribution in [3.63, 3.8) is 0 Å². The Kier molecular flexibility index (Phi) is 6.58. The molecule has 0 radical (unpaired) electrons. The Morgan fingerprint density at radius 2 is 1.87 bits per heavy atom. The highest BCUT2D eigenvalue weighted by Gasteiger charge is 2.25. The molecule has 10 nitrogen and oxygen atoms in total. The van der Waals surface area contributed by atoms with Crippen LogP contribution in [-0.2, 0) is 14.8 Å². The maximum atomic E-state index is 13.2. The van der Waals surface area contributed by atoms with Crippen LogP contribution < -0.4 is 10.2 Å². The van der Waals surface area contributed by atoms with Crippen molar-refractivity contribution in [3.05, 3.63) is 57.6 Å². The number of nitro groups is 1. The highest BCUT2D eigenvalue weighted by molar-refractivity contribution is 7.89. The zero-order chi connectivity index (χ0) is 22.8. The fourth-order valence-electron chi connectivity index (χ4n) is 3.29. The molecule has 1 saturated heterocycles. The molecule has 0 saturated carbocycles. The SMILES string of the molecule is Cc1c(NC(=O)c2cc(S(=O)(=O)N(C)C)ccc2N2CCOCC2)cccc1[N+](=O)[O-]. The second-order valence-corrected chi connectivity index (χ2v) is 9.38. The standard InChI is InChI=1S/C20H24N4O6S/c1-14-17(5-4-6-18(14)24(26)27)21-20(25)16-13-15(31(28,29)22(2)3)7-8-19(16)23-9-11-30-12-10-23/h4-8,13H,9-12H2,1-3H3,(H,21,25). The van der Waals surface area contributed by atoms with Gasteiger partial charge in [0.15, 0.2) is 0 Å². The van der Waals surface area contributed by atoms with Crippen molar-refractivity contribution >= 4 is 33.0 Å². The molecule has 0 aromatic heterocycles. The number of sulfonamides is 1. The van der Waals surface area contributed by atoms with Crippen LogP contribution in [0.3, 0.4) is 0 Å². The Balaban J connectivity index is 2.05. The highest BCUT2D eigenvalue weighted by atomic mass is 32.2. The number of rotatable bonds is 6. The first-order chi connectivity index (χ1) is 14.6. The van der Waals surface area contributed by atoms with Crippen molar-refractivity contribution in [3.8, 4) is 0 Å². The van der Waals surface area contributed by atoms with E-state index in [1.807, 2.05) is 4.90 Å². The van der Waals surface area contributed by atoms with E-state index in [9.17, 15) is 23.3 Å². The number of hydrogen-bond donors (Lipinski definition) is 1. The Morgan fingerprint density at radius 1 is 1.19 bits per heavy atom. The lowest BCUT2D eigenvalue weighted by Crippen LogP contribution is -2.37. The number of hydrogen-bond acceptors (Lipinski definition) is 7. The number of amides is 1. The van der Waals surface area contributed by atoms with Gasteiger partial charge in [-0.25, -0.2) is 12.7 Å². The lowest BCUT2D eigenvalue weighted by atomic mass is 10.1. The molecule has 1 aliphatic rings. The predicted octanol–water partition coefficient (Wildman–Crippen LogP) is 2.24. The number of nitro benzene ring substituents is 1. The Hall–Kier alpha value is -3.02. The molecule has 1 aliphatic heterocycles. The summed E-state index contributed by atoms with van der Waals surface area (Å²) in [6.45, 7) is 3.63. The van der Waals surface area contributed by atoms with Crippen LogP contribution in [0.5, 0.6) is 0 Å². The first kappa shape index (κ1) is 22.7. The van der Waals surface area contributed by atoms with Crippen LogP contribution in [0.4, 0.5) is 17.1 Å². The van der Waals surface area contributed by atoms with Gasteiger partial charge in [0.2, 0.25) is 10.0 Å². The van der Waals surface area contributed by atoms with E-state index in [1.54, 1.807) is 19.1 Å². The number of anilines is 2. The fourth-order valence-corrected chi connectivity index (χ4v) is 4.22. The summed E-state index contributed by atoms with van der Waals surface area (Å²) in [7, 11) is -0.930. The van der Waals surface area contributed by atoms with Crippen LogP contribution >= 0.6 is 0 Å². The van der Waals surface area contributed by atoms with Gasteiger partial charge in [0, 0.05) is 38.9 Å². The predicted molar refractivity (Wildman–Crippen MR) is 116 cm³/mol. The molecule has 0 atom stereocenters. The van der Waals surface area contributed by atoms with E-state index in [2.05, 4.69) is 5.32 Å². The maximum absolute atomic E-state index is 13.2. The van der Waals surface area contributed by atoms with Crippen molar-refractivity contribution in [1.82, 2.24) is 4.31 Å². The molecule has 1 amide bonds. The topological polar surface area (TPSA) is 122 Å². The van der Waals surface area contributed by atoms with Gasteiger partial charge in [-0.2, -0.15) is 0 Å². The second kappa shape index (κ2) is 9.00. The van der Waals surface area contributed by atoms with Gasteiger partial charge in [0.25, 0.3) is 11.6 Å². The number of morpholine rings is 1. The van der Waals surface area contributed by atoms with Gasteiger partial charge in [-0.1, -0.05) is 6.07 Å². The minimum atomic E-state index is -3.76. The molecule has 31 heavy (non-hydrogen) atoms. The summed E-state index contributed by atoms with van der Waals surface area (Å²) in [5.74, 6) is -0.555. The van der Waals surface area contributed by atoms with Gasteiger partial charge in [-0.15, -0.1) is 0 Å². The fraction of sp³-hybridized carbons (Fsp3) is 0.350. The van der Waals surface area contributed by atoms with Crippen molar-refractivity contribution in [2.75, 3.05) is 50.6 Å². The minimum Gasteiger partial charge on any atom is -0.378 e. The molecular weight excluding hydrogens is 424 g/mol. The summed E-state index contributed by atoms with van der Waals surface area (Å²) in [5.41, 5.74) is 1.21. The van der Waals surface area contributed by atoms with Crippen LogP contribution in [0.1, 0.15) is 15.9 Å². The van der Waals surface area contributed by atoms with Gasteiger partial charge in [0.05, 0.1) is 39.8 Å². The van der Waals surface area contributed by atoms with Crippen molar-refractivity contribution in [2.24, 2.45) is 0 Å². The van der Waals surface area contributed by atoms with Gasteiger partial charge in [-0.05, 0) is 31.2 Å². The third-order valence-electron chi connectivity index (χ3n) is 5.09. The lowest BCUT2D eigenvalue weighted by molar-refractivity contribution is -0.385. The molecule has 0 bridgehead atoms. The van der Waals surface area contributed by atoms with E-state index in [1.165, 1.54) is 38.4 Å². The molecule has 0 spiro atoms. The molecule has 2 aromatic carbocycles. The van der Waals surface area contributed by atoms with E-state index < -0.39 is 20.9 Å². The van der Waals surface area contributed by atoms with Gasteiger partial charge in [-0.3, -0.25) is 14.9 Å². The van der Waals surface area contributed by atoms with Crippen LogP contribution in [0.2, 0.25) is 0 Å². The number of carbonyl (C=O) groups excluding carboxylic acids is 1. The molecule has 1 heterocycles. The molecule has 0 unspecified atom stereocenters. The molecule has 0 aliphatic carbocycles. The first-order valence-corrected chi connectivity index (χ1v) is 11.0. The Bertz CT molecular complexity index is 1110. The summed E-state index contributed by atoms with van der Waals surface area (Å²) in [4.78, 5) is 25.8. The van der Waals surface area contributed by atoms with Crippen molar-refractivity contribution < 1.29 is 22.9 Å². The Morgan fingerprint density at radius 3 is 2.48 bits per heavy atom. The summed E-state index contributed by atoms with van der Waals surface area (Å²) >= 11 is 0. The minimum absolute atomic E-state index is 0.0181. The van der Waals surface area contributed by atoms with E-state index in [-0.39, 0.29) is 21.8 Å². The number of benzene rings is 2. The number of nitrogens with one attached hydrogen (secondary N) is 1. The third-order valence-corrected chi connectivity index (χ3v) is 6.90. The van der Waals surface area contributed by atoms with E-state index in [4.69, 9.17) is 4.74 Å². The molecule has 166 valence electrons. The molecule has 2 aromatic rings. The van der Waals surface area contributed by atoms with Crippen LogP contribution in [0, 0.1) is 17.0 Å². The van der Waals surface area contributed by atoms with Gasteiger partial charge in [0.1, 0.15) is 0 Å². The lowest BCUT2D eigenvalue weighted by Gasteiger charge is -2.30. The second-order valence-electron chi connectivity index (χ2n) is 7.23. The Labute approximate surface area is 180 Å². The summed E-state index contributed by atoms with van der Waals surface area (Å²) in [6, 6.07) is 8.81. The molecule has 1 N–H and O–H groups in total. The van der Waals surface area contributed by atoms with Crippen LogP contribution in [-0.4, -0.2) is 64.0 Å². The molecule has 3 rings (SSSR count). The van der Waals surface area contributed by atoms with E-state index in [0.717, 1.165) is 4.31 Å². The number of carbonyl (C=O) groups is 1. The zero-order valence-electron chi connectivity index (χ0n) is 17.5. The highest BCUT2D eigenvalue weighted by Crippen LogP contribution is 2.29. The zero-order valence-corrected chi connectivity index (χ0v) is 18.3. The van der Waals surface area contributed by atoms with Crippen molar-refractivity contribution in [2.45, 2.75) is 11.8 Å². The van der Waals surface area contributed by atoms with Crippen LogP contribution in [0.15, 0.2) is 41.3 Å². The van der Waals surface area contributed by atoms with Crippen LogP contribution in [0.25, 0.3) is 0 Å². The normalized spacial score (nSPS) is 14.5. The number of nitrogens with zero attached hydrogens (tertiary/aromatic N) is 3. The van der Waals surface area contributed by atoms with Crippen molar-refractivity contribution in [1.29, 1.82) is 0 Å². The van der Waals surface area contributed by atoms with Gasteiger partial charge >= 0.3 is 0 Å². The van der Waals surface area contributed by atoms with E-state index in [0.29, 0.717) is 37.6 Å². The number of ether oxygens (including phenoxy) is 1. The largest absolute Gasteiger partial charge is 0.378 e. The monoisotopic (exact) mass is 448 g/mol. The summed E-state index contributed by atoms with van der Waals surface area (Å²) in [5, 5.41) is 13.9.